The predicted octanol–water partition coefficient (Wildman–Crippen LogP) is 4.76. The van der Waals surface area contributed by atoms with E-state index in [1.807, 2.05) is 18.5 Å². The second kappa shape index (κ2) is 8.28. The molecule has 5 rings (SSSR count). The number of piperidine rings is 1. The van der Waals surface area contributed by atoms with Crippen molar-refractivity contribution >= 4 is 11.7 Å². The number of hydrogen-bond acceptors (Lipinski definition) is 3. The Balaban J connectivity index is 1.22. The average molecular weight is 399 g/mol. The highest BCUT2D eigenvalue weighted by Crippen LogP contribution is 2.32. The zero-order valence-corrected chi connectivity index (χ0v) is 17.0. The summed E-state index contributed by atoms with van der Waals surface area (Å²) in [6.07, 6.45) is 6.20. The first-order valence-corrected chi connectivity index (χ1v) is 10.6. The maximum Gasteiger partial charge on any atom is 0.319 e. The summed E-state index contributed by atoms with van der Waals surface area (Å²) in [5.74, 6) is 0.548. The number of rotatable bonds is 4. The summed E-state index contributed by atoms with van der Waals surface area (Å²) in [6, 6.07) is 19.1. The quantitative estimate of drug-likeness (QED) is 0.666. The van der Waals surface area contributed by atoms with Crippen LogP contribution in [0.1, 0.15) is 35.4 Å². The van der Waals surface area contributed by atoms with Crippen molar-refractivity contribution in [1.82, 2.24) is 15.2 Å². The van der Waals surface area contributed by atoms with Crippen molar-refractivity contribution in [3.8, 4) is 11.1 Å². The molecule has 2 aliphatic heterocycles. The Morgan fingerprint density at radius 2 is 1.80 bits per heavy atom. The van der Waals surface area contributed by atoms with Crippen molar-refractivity contribution in [1.29, 1.82) is 0 Å². The van der Waals surface area contributed by atoms with Crippen LogP contribution in [0.5, 0.6) is 0 Å². The first-order valence-electron chi connectivity index (χ1n) is 10.6. The standard InChI is InChI=1S/C25H26N4O/c30-25-27-16-22-7-6-21(13-24(22)28-25)20-8-10-29(11-9-20)17-18-12-23(15-26-14-18)19-4-2-1-3-5-19/h1-7,12-15,20H,8-11,16-17H2,(H2,27,28,30). The molecule has 1 aromatic heterocycles. The molecule has 152 valence electrons. The minimum atomic E-state index is -0.110. The highest BCUT2D eigenvalue weighted by molar-refractivity contribution is 5.92. The number of likely N-dealkylation sites (tertiary alicyclic amines) is 1. The summed E-state index contributed by atoms with van der Waals surface area (Å²) >= 11 is 0. The lowest BCUT2D eigenvalue weighted by molar-refractivity contribution is 0.204. The van der Waals surface area contributed by atoms with Gasteiger partial charge in [-0.3, -0.25) is 9.88 Å². The van der Waals surface area contributed by atoms with Gasteiger partial charge in [-0.15, -0.1) is 0 Å². The Kier molecular flexibility index (Phi) is 5.20. The molecule has 5 heteroatoms. The molecular formula is C25H26N4O. The molecule has 0 spiro atoms. The van der Waals surface area contributed by atoms with Gasteiger partial charge in [0.2, 0.25) is 0 Å². The van der Waals surface area contributed by atoms with Crippen molar-refractivity contribution < 1.29 is 4.79 Å². The van der Waals surface area contributed by atoms with E-state index in [9.17, 15) is 4.79 Å². The topological polar surface area (TPSA) is 57.3 Å². The molecule has 2 amide bonds. The maximum absolute atomic E-state index is 11.6. The van der Waals surface area contributed by atoms with Crippen LogP contribution in [-0.2, 0) is 13.1 Å². The van der Waals surface area contributed by atoms with E-state index in [0.717, 1.165) is 43.7 Å². The molecule has 1 fully saturated rings. The van der Waals surface area contributed by atoms with Crippen LogP contribution < -0.4 is 10.6 Å². The number of aromatic nitrogens is 1. The van der Waals surface area contributed by atoms with Crippen LogP contribution >= 0.6 is 0 Å². The van der Waals surface area contributed by atoms with E-state index in [1.54, 1.807) is 0 Å². The minimum Gasteiger partial charge on any atom is -0.334 e. The van der Waals surface area contributed by atoms with E-state index in [2.05, 4.69) is 69.0 Å². The molecule has 0 unspecified atom stereocenters. The van der Waals surface area contributed by atoms with E-state index in [1.165, 1.54) is 22.3 Å². The fourth-order valence-corrected chi connectivity index (χ4v) is 4.51. The summed E-state index contributed by atoms with van der Waals surface area (Å²) in [5.41, 5.74) is 7.10. The van der Waals surface area contributed by atoms with Gasteiger partial charge < -0.3 is 10.6 Å². The molecule has 0 aliphatic carbocycles. The van der Waals surface area contributed by atoms with E-state index in [4.69, 9.17) is 0 Å². The Morgan fingerprint density at radius 3 is 2.63 bits per heavy atom. The number of hydrogen-bond donors (Lipinski definition) is 2. The van der Waals surface area contributed by atoms with Gasteiger partial charge >= 0.3 is 6.03 Å². The van der Waals surface area contributed by atoms with Crippen LogP contribution in [0, 0.1) is 0 Å². The number of benzene rings is 2. The Hall–Kier alpha value is -3.18. The van der Waals surface area contributed by atoms with Gasteiger partial charge in [-0.25, -0.2) is 4.79 Å². The summed E-state index contributed by atoms with van der Waals surface area (Å²) in [5, 5.41) is 5.75. The number of fused-ring (bicyclic) bond motifs is 1. The molecule has 3 aromatic rings. The Bertz CT molecular complexity index is 1040. The van der Waals surface area contributed by atoms with Crippen LogP contribution in [0.3, 0.4) is 0 Å². The van der Waals surface area contributed by atoms with Crippen molar-refractivity contribution in [2.24, 2.45) is 0 Å². The summed E-state index contributed by atoms with van der Waals surface area (Å²) in [4.78, 5) is 18.6. The first kappa shape index (κ1) is 18.8. The Morgan fingerprint density at radius 1 is 0.967 bits per heavy atom. The fraction of sp³-hybridized carbons (Fsp3) is 0.280. The van der Waals surface area contributed by atoms with E-state index in [0.29, 0.717) is 12.5 Å². The van der Waals surface area contributed by atoms with E-state index in [-0.39, 0.29) is 6.03 Å². The van der Waals surface area contributed by atoms with Crippen molar-refractivity contribution in [3.63, 3.8) is 0 Å². The number of amides is 2. The van der Waals surface area contributed by atoms with Gasteiger partial charge in [0, 0.05) is 36.7 Å². The third-order valence-electron chi connectivity index (χ3n) is 6.19. The van der Waals surface area contributed by atoms with Crippen molar-refractivity contribution in [3.05, 3.63) is 83.7 Å². The lowest BCUT2D eigenvalue weighted by Crippen LogP contribution is -2.34. The van der Waals surface area contributed by atoms with E-state index >= 15 is 0 Å². The molecule has 30 heavy (non-hydrogen) atoms. The van der Waals surface area contributed by atoms with Gasteiger partial charge in [0.05, 0.1) is 0 Å². The number of pyridine rings is 1. The summed E-state index contributed by atoms with van der Waals surface area (Å²) < 4.78 is 0. The highest BCUT2D eigenvalue weighted by atomic mass is 16.2. The number of urea groups is 1. The van der Waals surface area contributed by atoms with Crippen LogP contribution in [0.4, 0.5) is 10.5 Å². The summed E-state index contributed by atoms with van der Waals surface area (Å²) in [6.45, 7) is 3.69. The summed E-state index contributed by atoms with van der Waals surface area (Å²) in [7, 11) is 0. The van der Waals surface area contributed by atoms with E-state index < -0.39 is 0 Å². The third kappa shape index (κ3) is 4.07. The molecule has 2 aliphatic rings. The average Bonchev–Trinajstić information content (AvgIpc) is 2.80. The molecule has 2 aromatic carbocycles. The van der Waals surface area contributed by atoms with Crippen LogP contribution in [0.25, 0.3) is 11.1 Å². The van der Waals surface area contributed by atoms with Gasteiger partial charge in [-0.2, -0.15) is 0 Å². The smallest absolute Gasteiger partial charge is 0.319 e. The normalized spacial score (nSPS) is 17.1. The minimum absolute atomic E-state index is 0.110. The molecule has 0 saturated carbocycles. The zero-order valence-electron chi connectivity index (χ0n) is 17.0. The van der Waals surface area contributed by atoms with Crippen molar-refractivity contribution in [2.75, 3.05) is 18.4 Å². The second-order valence-corrected chi connectivity index (χ2v) is 8.22. The van der Waals surface area contributed by atoms with Gasteiger partial charge in [0.1, 0.15) is 0 Å². The third-order valence-corrected chi connectivity index (χ3v) is 6.19. The largest absolute Gasteiger partial charge is 0.334 e. The monoisotopic (exact) mass is 398 g/mol. The predicted molar refractivity (Wildman–Crippen MR) is 119 cm³/mol. The van der Waals surface area contributed by atoms with Crippen LogP contribution in [0.2, 0.25) is 0 Å². The molecule has 0 atom stereocenters. The Labute approximate surface area is 177 Å². The highest BCUT2D eigenvalue weighted by Gasteiger charge is 2.22. The van der Waals surface area contributed by atoms with Gasteiger partial charge in [-0.05, 0) is 66.2 Å². The second-order valence-electron chi connectivity index (χ2n) is 8.22. The lowest BCUT2D eigenvalue weighted by atomic mass is 9.88. The number of anilines is 1. The SMILES string of the molecule is O=C1NCc2ccc(C3CCN(Cc4cncc(-c5ccccc5)c4)CC3)cc2N1. The molecule has 2 N–H and O–H groups in total. The van der Waals surface area contributed by atoms with Crippen LogP contribution in [0.15, 0.2) is 67.0 Å². The molecule has 1 saturated heterocycles. The van der Waals surface area contributed by atoms with Gasteiger partial charge in [-0.1, -0.05) is 42.5 Å². The lowest BCUT2D eigenvalue weighted by Gasteiger charge is -2.32. The van der Waals surface area contributed by atoms with Gasteiger partial charge in [0.25, 0.3) is 0 Å². The van der Waals surface area contributed by atoms with Crippen LogP contribution in [-0.4, -0.2) is 29.0 Å². The molecule has 3 heterocycles. The number of carbonyl (C=O) groups is 1. The fourth-order valence-electron chi connectivity index (χ4n) is 4.51. The molecule has 0 bridgehead atoms. The molecule has 5 nitrogen and oxygen atoms in total. The van der Waals surface area contributed by atoms with Crippen molar-refractivity contribution in [2.45, 2.75) is 31.8 Å². The zero-order chi connectivity index (χ0) is 20.3. The number of carbonyl (C=O) groups excluding carboxylic acids is 1. The molecule has 0 radical (unpaired) electrons. The first-order chi connectivity index (χ1) is 14.7. The maximum atomic E-state index is 11.6. The molecular weight excluding hydrogens is 372 g/mol. The van der Waals surface area contributed by atoms with Gasteiger partial charge in [0.15, 0.2) is 0 Å². The number of nitrogens with one attached hydrogen (secondary N) is 2. The number of nitrogens with zero attached hydrogens (tertiary/aromatic N) is 2.